The molecule has 2 aliphatic rings. The van der Waals surface area contributed by atoms with Crippen LogP contribution in [-0.2, 0) is 19.1 Å². The van der Waals surface area contributed by atoms with E-state index in [9.17, 15) is 19.6 Å². The SMILES string of the molecule is CCOC(=O)C1(C#N)[C@@H]2C(=O)N(c3ccc(C#N)cc3)C(=O)[C@@H]21. The fraction of sp³-hybridized carbons (Fsp3) is 0.312. The second-order valence-corrected chi connectivity index (χ2v) is 5.33. The van der Waals surface area contributed by atoms with Crippen LogP contribution in [-0.4, -0.2) is 24.4 Å². The summed E-state index contributed by atoms with van der Waals surface area (Å²) < 4.78 is 4.84. The zero-order valence-corrected chi connectivity index (χ0v) is 12.1. The molecule has 3 rings (SSSR count). The van der Waals surface area contributed by atoms with Gasteiger partial charge in [-0.2, -0.15) is 10.5 Å². The van der Waals surface area contributed by atoms with Gasteiger partial charge in [-0.25, -0.2) is 4.90 Å². The number of anilines is 1. The topological polar surface area (TPSA) is 111 Å². The van der Waals surface area contributed by atoms with E-state index in [1.165, 1.54) is 24.3 Å². The van der Waals surface area contributed by atoms with Gasteiger partial charge in [0.2, 0.25) is 11.8 Å². The van der Waals surface area contributed by atoms with Crippen LogP contribution >= 0.6 is 0 Å². The standard InChI is InChI=1S/C16H11N3O4/c1-2-23-15(22)16(8-18)11-12(16)14(21)19(13(11)20)10-5-3-9(7-17)4-6-10/h3-6,11-12H,2H2,1H3/t11-,12+,16?. The van der Waals surface area contributed by atoms with E-state index in [0.717, 1.165) is 4.90 Å². The van der Waals surface area contributed by atoms with Gasteiger partial charge in [0.15, 0.2) is 5.41 Å². The highest BCUT2D eigenvalue weighted by Gasteiger charge is 2.83. The van der Waals surface area contributed by atoms with Crippen LogP contribution in [0.25, 0.3) is 0 Å². The van der Waals surface area contributed by atoms with Crippen LogP contribution in [0.1, 0.15) is 12.5 Å². The first-order valence-electron chi connectivity index (χ1n) is 6.99. The molecule has 0 spiro atoms. The number of nitrogens with zero attached hydrogens (tertiary/aromatic N) is 3. The number of hydrogen-bond acceptors (Lipinski definition) is 6. The number of nitriles is 2. The van der Waals surface area contributed by atoms with Crippen molar-refractivity contribution in [2.75, 3.05) is 11.5 Å². The molecule has 1 unspecified atom stereocenters. The van der Waals surface area contributed by atoms with Gasteiger partial charge in [-0.05, 0) is 31.2 Å². The van der Waals surface area contributed by atoms with Crippen molar-refractivity contribution in [2.45, 2.75) is 6.92 Å². The summed E-state index contributed by atoms with van der Waals surface area (Å²) >= 11 is 0. The maximum Gasteiger partial charge on any atom is 0.328 e. The van der Waals surface area contributed by atoms with E-state index in [2.05, 4.69) is 0 Å². The molecule has 0 radical (unpaired) electrons. The first-order chi connectivity index (χ1) is 11.0. The van der Waals surface area contributed by atoms with Gasteiger partial charge in [-0.3, -0.25) is 14.4 Å². The monoisotopic (exact) mass is 309 g/mol. The smallest absolute Gasteiger partial charge is 0.328 e. The third-order valence-corrected chi connectivity index (χ3v) is 4.23. The Bertz CT molecular complexity index is 778. The molecule has 2 fully saturated rings. The van der Waals surface area contributed by atoms with Crippen LogP contribution in [0.5, 0.6) is 0 Å². The van der Waals surface area contributed by atoms with Gasteiger partial charge in [0.1, 0.15) is 0 Å². The number of amides is 2. The first-order valence-corrected chi connectivity index (χ1v) is 6.99. The average Bonchev–Trinajstić information content (AvgIpc) is 3.18. The Labute approximate surface area is 131 Å². The second kappa shape index (κ2) is 4.92. The Morgan fingerprint density at radius 1 is 1.22 bits per heavy atom. The summed E-state index contributed by atoms with van der Waals surface area (Å²) in [6.45, 7) is 1.66. The third kappa shape index (κ3) is 1.77. The number of carbonyl (C=O) groups excluding carboxylic acids is 3. The Morgan fingerprint density at radius 3 is 2.22 bits per heavy atom. The molecule has 1 aliphatic carbocycles. The van der Waals surface area contributed by atoms with Gasteiger partial charge in [-0.1, -0.05) is 0 Å². The number of fused-ring (bicyclic) bond motifs is 1. The number of ether oxygens (including phenoxy) is 1. The summed E-state index contributed by atoms with van der Waals surface area (Å²) in [6.07, 6.45) is 0. The first kappa shape index (κ1) is 14.7. The summed E-state index contributed by atoms with van der Waals surface area (Å²) in [5, 5.41) is 18.1. The zero-order chi connectivity index (χ0) is 16.8. The quantitative estimate of drug-likeness (QED) is 0.601. The van der Waals surface area contributed by atoms with Gasteiger partial charge < -0.3 is 4.74 Å². The van der Waals surface area contributed by atoms with Crippen molar-refractivity contribution in [3.8, 4) is 12.1 Å². The number of rotatable bonds is 3. The summed E-state index contributed by atoms with van der Waals surface area (Å²) in [6, 6.07) is 9.69. The molecule has 0 bridgehead atoms. The van der Waals surface area contributed by atoms with Gasteiger partial charge in [0.05, 0.1) is 41.8 Å². The van der Waals surface area contributed by atoms with Crippen molar-refractivity contribution in [3.05, 3.63) is 29.8 Å². The van der Waals surface area contributed by atoms with Crippen molar-refractivity contribution >= 4 is 23.5 Å². The number of imide groups is 1. The van der Waals surface area contributed by atoms with Crippen LogP contribution in [0.15, 0.2) is 24.3 Å². The fourth-order valence-electron chi connectivity index (χ4n) is 3.08. The lowest BCUT2D eigenvalue weighted by Gasteiger charge is -2.20. The molecule has 0 aromatic heterocycles. The predicted molar refractivity (Wildman–Crippen MR) is 75.3 cm³/mol. The molecule has 1 aromatic carbocycles. The van der Waals surface area contributed by atoms with Crippen LogP contribution < -0.4 is 4.90 Å². The summed E-state index contributed by atoms with van der Waals surface area (Å²) in [7, 11) is 0. The predicted octanol–water partition coefficient (Wildman–Crippen LogP) is 0.751. The normalized spacial score (nSPS) is 27.9. The van der Waals surface area contributed by atoms with E-state index in [0.29, 0.717) is 11.3 Å². The number of carbonyl (C=O) groups is 3. The van der Waals surface area contributed by atoms with Crippen LogP contribution in [0.2, 0.25) is 0 Å². The molecule has 2 amide bonds. The number of benzene rings is 1. The Hall–Kier alpha value is -3.19. The molecule has 7 nitrogen and oxygen atoms in total. The minimum Gasteiger partial charge on any atom is -0.465 e. The average molecular weight is 309 g/mol. The van der Waals surface area contributed by atoms with Gasteiger partial charge in [0.25, 0.3) is 0 Å². The summed E-state index contributed by atoms with van der Waals surface area (Å²) in [5.74, 6) is -3.97. The van der Waals surface area contributed by atoms with Crippen LogP contribution in [0.4, 0.5) is 5.69 Å². The highest BCUT2D eigenvalue weighted by atomic mass is 16.5. The highest BCUT2D eigenvalue weighted by molar-refractivity contribution is 6.29. The maximum atomic E-state index is 12.5. The van der Waals surface area contributed by atoms with Crippen LogP contribution in [0.3, 0.4) is 0 Å². The number of piperidine rings is 1. The maximum absolute atomic E-state index is 12.5. The van der Waals surface area contributed by atoms with E-state index in [1.807, 2.05) is 6.07 Å². The van der Waals surface area contributed by atoms with E-state index in [4.69, 9.17) is 10.00 Å². The Balaban J connectivity index is 1.91. The molecule has 1 saturated heterocycles. The molecule has 1 heterocycles. The van der Waals surface area contributed by atoms with Gasteiger partial charge >= 0.3 is 5.97 Å². The molecular formula is C16H11N3O4. The van der Waals surface area contributed by atoms with Crippen LogP contribution in [0, 0.1) is 39.9 Å². The van der Waals surface area contributed by atoms with Crippen molar-refractivity contribution in [1.82, 2.24) is 0 Å². The lowest BCUT2D eigenvalue weighted by molar-refractivity contribution is -0.150. The Morgan fingerprint density at radius 2 is 1.78 bits per heavy atom. The zero-order valence-electron chi connectivity index (χ0n) is 12.1. The van der Waals surface area contributed by atoms with Crippen molar-refractivity contribution in [2.24, 2.45) is 17.3 Å². The van der Waals surface area contributed by atoms with E-state index < -0.39 is 35.0 Å². The van der Waals surface area contributed by atoms with Crippen molar-refractivity contribution in [3.63, 3.8) is 0 Å². The highest BCUT2D eigenvalue weighted by Crippen LogP contribution is 2.64. The minimum atomic E-state index is -1.69. The number of hydrogen-bond donors (Lipinski definition) is 0. The molecule has 3 atom stereocenters. The lowest BCUT2D eigenvalue weighted by Crippen LogP contribution is -2.40. The van der Waals surface area contributed by atoms with Crippen molar-refractivity contribution < 1.29 is 19.1 Å². The molecule has 0 N–H and O–H groups in total. The molecule has 23 heavy (non-hydrogen) atoms. The molecule has 7 heteroatoms. The fourth-order valence-corrected chi connectivity index (χ4v) is 3.08. The third-order valence-electron chi connectivity index (χ3n) is 4.23. The largest absolute Gasteiger partial charge is 0.465 e. The molecule has 1 saturated carbocycles. The van der Waals surface area contributed by atoms with E-state index >= 15 is 0 Å². The summed E-state index contributed by atoms with van der Waals surface area (Å²) in [5.41, 5.74) is -0.967. The number of esters is 1. The Kier molecular flexibility index (Phi) is 3.15. The van der Waals surface area contributed by atoms with Gasteiger partial charge in [0, 0.05) is 0 Å². The van der Waals surface area contributed by atoms with Gasteiger partial charge in [-0.15, -0.1) is 0 Å². The minimum absolute atomic E-state index is 0.0728. The van der Waals surface area contributed by atoms with Crippen molar-refractivity contribution in [1.29, 1.82) is 10.5 Å². The van der Waals surface area contributed by atoms with E-state index in [1.54, 1.807) is 13.0 Å². The molecule has 1 aliphatic heterocycles. The molecular weight excluding hydrogens is 298 g/mol. The van der Waals surface area contributed by atoms with E-state index in [-0.39, 0.29) is 6.61 Å². The second-order valence-electron chi connectivity index (χ2n) is 5.33. The summed E-state index contributed by atoms with van der Waals surface area (Å²) in [4.78, 5) is 37.9. The lowest BCUT2D eigenvalue weighted by atomic mass is 10.0. The molecule has 1 aromatic rings. The molecule has 114 valence electrons.